The molecular weight excluding hydrogens is 1490 g/mol. The van der Waals surface area contributed by atoms with E-state index in [9.17, 15) is 149 Å². The molecule has 620 valence electrons. The summed E-state index contributed by atoms with van der Waals surface area (Å²) in [6, 6.07) is -6.58. The number of amides is 10. The number of aliphatic hydroxyl groups excluding tert-OH is 15. The first-order valence-corrected chi connectivity index (χ1v) is 34.1. The van der Waals surface area contributed by atoms with Gasteiger partial charge in [0.2, 0.25) is 59.1 Å². The SMILES string of the molecule is CNC(=O)[C@H](CCC(=O)O)NC(=O)[C@H](CCC(=O)NC[C@H](O)[C@@H](O)[C@H](O)[C@H](O)CO)NC(=O)[C@H](CCC(=O)NC[C@H](O)[C@@H](O)[C@H](O)[C@H](O)CO)NC(=O)[C@H](CCC(=O)O)NC(=O)[C@H](CCC(=O)NC[C@H](O)[C@@H](O)[C@H](O)[C@H](O)CO)NC(=O)CC[C@H](NC(=O)c1ccc(NCc2cnc3nc(N)[nH]c(=O)c3n2)cc1)C(=O)O. The van der Waals surface area contributed by atoms with Crippen molar-refractivity contribution in [2.75, 3.05) is 57.6 Å². The van der Waals surface area contributed by atoms with Gasteiger partial charge in [0.25, 0.3) is 11.5 Å². The molecule has 0 aliphatic carbocycles. The number of hydrogen-bond donors (Lipinski definition) is 31. The van der Waals surface area contributed by atoms with Crippen molar-refractivity contribution in [2.24, 2.45) is 0 Å². The molecule has 0 fully saturated rings. The zero-order chi connectivity index (χ0) is 83.5. The lowest BCUT2D eigenvalue weighted by atomic mass is 10.0. The molecule has 0 saturated carbocycles. The van der Waals surface area contributed by atoms with Crippen molar-refractivity contribution in [1.82, 2.24) is 73.1 Å². The molecule has 3 rings (SSSR count). The number of benzene rings is 1. The summed E-state index contributed by atoms with van der Waals surface area (Å²) in [5, 5.41) is 203. The van der Waals surface area contributed by atoms with Crippen molar-refractivity contribution in [1.29, 1.82) is 0 Å². The van der Waals surface area contributed by atoms with Gasteiger partial charge >= 0.3 is 17.9 Å². The third kappa shape index (κ3) is 32.6. The molecule has 1 aromatic carbocycles. The fourth-order valence-corrected chi connectivity index (χ4v) is 9.97. The molecule has 0 aliphatic rings. The number of nitrogen functional groups attached to an aromatic ring is 1. The van der Waals surface area contributed by atoms with Crippen LogP contribution in [0.15, 0.2) is 35.3 Å². The number of anilines is 2. The quantitative estimate of drug-likeness (QED) is 0.0250. The number of likely N-dealkylation sites (N-methyl/N-ethyl adjacent to an activating group) is 1. The molecule has 111 heavy (non-hydrogen) atoms. The number of aliphatic hydroxyl groups is 15. The topological polar surface area (TPSA) is 816 Å². The average Bonchev–Trinajstić information content (AvgIpc) is 0.807. The zero-order valence-electron chi connectivity index (χ0n) is 59.4. The molecule has 2 heterocycles. The highest BCUT2D eigenvalue weighted by Gasteiger charge is 2.37. The number of nitrogens with zero attached hydrogens (tertiary/aromatic N) is 3. The smallest absolute Gasteiger partial charge is 0.326 e. The van der Waals surface area contributed by atoms with Crippen LogP contribution in [0.2, 0.25) is 0 Å². The number of fused-ring (bicyclic) bond motifs is 1. The minimum atomic E-state index is -2.22. The number of nitrogens with two attached hydrogens (primary N) is 1. The molecule has 0 bridgehead atoms. The van der Waals surface area contributed by atoms with Crippen molar-refractivity contribution in [3.63, 3.8) is 0 Å². The fraction of sp³-hybridized carbons (Fsp3) is 0.603. The minimum Gasteiger partial charge on any atom is -0.481 e. The highest BCUT2D eigenvalue weighted by molar-refractivity contribution is 5.98. The maximum atomic E-state index is 14.6. The summed E-state index contributed by atoms with van der Waals surface area (Å²) in [5.41, 5.74) is 5.40. The van der Waals surface area contributed by atoms with Crippen LogP contribution >= 0.6 is 0 Å². The van der Waals surface area contributed by atoms with Crippen LogP contribution in [0.3, 0.4) is 0 Å². The number of H-pyrrole nitrogens is 1. The number of aliphatic carboxylic acids is 3. The molecule has 0 aliphatic heterocycles. The summed E-state index contributed by atoms with van der Waals surface area (Å²) in [7, 11) is 1.09. The van der Waals surface area contributed by atoms with E-state index in [4.69, 9.17) is 15.9 Å². The molecule has 2 aromatic heterocycles. The summed E-state index contributed by atoms with van der Waals surface area (Å²) >= 11 is 0. The van der Waals surface area contributed by atoms with Gasteiger partial charge in [-0.2, -0.15) is 4.98 Å². The maximum Gasteiger partial charge on any atom is 0.326 e. The van der Waals surface area contributed by atoms with Crippen LogP contribution in [0.4, 0.5) is 11.6 Å². The Hall–Kier alpha value is -10.5. The summed E-state index contributed by atoms with van der Waals surface area (Å²) in [6.45, 7) is -5.90. The molecule has 0 unspecified atom stereocenters. The van der Waals surface area contributed by atoms with E-state index in [0.29, 0.717) is 11.4 Å². The first-order valence-electron chi connectivity index (χ1n) is 34.1. The van der Waals surface area contributed by atoms with Gasteiger partial charge in [-0.25, -0.2) is 14.8 Å². The van der Waals surface area contributed by atoms with Crippen molar-refractivity contribution >= 4 is 99.8 Å². The van der Waals surface area contributed by atoms with Crippen LogP contribution in [0.5, 0.6) is 0 Å². The highest BCUT2D eigenvalue weighted by Crippen LogP contribution is 2.16. The first-order chi connectivity index (χ1) is 52.2. The molecule has 0 saturated heterocycles. The van der Waals surface area contributed by atoms with E-state index in [-0.39, 0.29) is 29.2 Å². The Kier molecular flexibility index (Phi) is 40.6. The molecule has 32 N–H and O–H groups in total. The maximum absolute atomic E-state index is 14.6. The number of aromatic nitrogens is 4. The molecule has 3 aromatic rings. The summed E-state index contributed by atoms with van der Waals surface area (Å²) in [6.07, 6.45) is -33.9. The predicted octanol–water partition coefficient (Wildman–Crippen LogP) is -14.2. The van der Waals surface area contributed by atoms with Crippen LogP contribution in [-0.2, 0) is 64.1 Å². The van der Waals surface area contributed by atoms with E-state index in [1.165, 1.54) is 30.5 Å². The Labute approximate surface area is 628 Å². The molecule has 0 spiro atoms. The van der Waals surface area contributed by atoms with E-state index in [1.54, 1.807) is 0 Å². The van der Waals surface area contributed by atoms with Crippen molar-refractivity contribution < 1.29 is 154 Å². The second-order valence-electron chi connectivity index (χ2n) is 25.1. The third-order valence-electron chi connectivity index (χ3n) is 16.6. The van der Waals surface area contributed by atoms with E-state index in [0.717, 1.165) is 7.05 Å². The number of aromatic amines is 1. The van der Waals surface area contributed by atoms with Crippen molar-refractivity contribution in [3.8, 4) is 0 Å². The largest absolute Gasteiger partial charge is 0.481 e. The minimum absolute atomic E-state index is 0.0108. The molecule has 48 nitrogen and oxygen atoms in total. The van der Waals surface area contributed by atoms with Crippen molar-refractivity contribution in [3.05, 3.63) is 52.1 Å². The van der Waals surface area contributed by atoms with Gasteiger partial charge in [-0.3, -0.25) is 67.3 Å². The predicted molar refractivity (Wildman–Crippen MR) is 372 cm³/mol. The normalized spacial score (nSPS) is 16.3. The monoisotopic (exact) mass is 1590 g/mol. The number of rotatable bonds is 52. The first kappa shape index (κ1) is 94.8. The van der Waals surface area contributed by atoms with Crippen LogP contribution in [-0.4, -0.2) is 345 Å². The Bertz CT molecular complexity index is 3680. The molecular formula is C63H96N16O32. The van der Waals surface area contributed by atoms with Crippen LogP contribution < -0.4 is 69.8 Å². The number of carboxylic acids is 3. The Balaban J connectivity index is 2.04. The van der Waals surface area contributed by atoms with Gasteiger partial charge in [0, 0.05) is 76.5 Å². The van der Waals surface area contributed by atoms with Gasteiger partial charge in [0.15, 0.2) is 11.2 Å². The Morgan fingerprint density at radius 2 is 0.775 bits per heavy atom. The van der Waals surface area contributed by atoms with E-state index >= 15 is 0 Å². The van der Waals surface area contributed by atoms with Gasteiger partial charge in [-0.1, -0.05) is 0 Å². The second-order valence-corrected chi connectivity index (χ2v) is 25.1. The summed E-state index contributed by atoms with van der Waals surface area (Å²) in [5.74, 6) is -17.3. The lowest BCUT2D eigenvalue weighted by molar-refractivity contribution is -0.140. The lowest BCUT2D eigenvalue weighted by Gasteiger charge is -2.27. The van der Waals surface area contributed by atoms with Crippen LogP contribution in [0.25, 0.3) is 11.2 Å². The van der Waals surface area contributed by atoms with Gasteiger partial charge < -0.3 is 156 Å². The van der Waals surface area contributed by atoms with Crippen LogP contribution in [0.1, 0.15) is 93.1 Å². The second kappa shape index (κ2) is 47.6. The van der Waals surface area contributed by atoms with Gasteiger partial charge in [-0.15, -0.1) is 0 Å². The molecule has 18 atom stereocenters. The van der Waals surface area contributed by atoms with E-state index < -0.39 is 309 Å². The Morgan fingerprint density at radius 3 is 1.14 bits per heavy atom. The standard InChI is InChI=1S/C63H96N16O32/c1-65-56(104)29(10-16-45(93)94)73-58(106)31(7-13-42(90)68-21-36(84)49(98)52(101)39(87)24-81)74-59(107)32(8-14-43(91)69-22-37(85)50(99)53(102)40(88)25-82)75-60(108)33(11-17-46(95)96)76-57(105)30(6-12-41(89)67-20-35(83)48(97)51(100)38(86)23-80)72-44(92)15-9-34(62(110)111)77-55(103)26-2-4-27(5-3-26)66-18-28-19-70-54-47(71-28)61(109)79-63(64)78-54/h2-5,19,29-40,48-53,66,80-88,97-102H,6-18,20-25H2,1H3,(H,65,104)(H,67,89)(H,68,90)(H,69,91)(H,72,92)(H,73,106)(H,74,107)(H,75,108)(H,76,105)(H,77,103)(H,93,94)(H,95,96)(H,110,111)(H3,64,70,78,79,109)/t29-,30-,31-,32-,33-,34-,35-,36-,37-,38+,39+,40+,48+,49+,50+,51+,52+,53+/m0/s1. The fourth-order valence-electron chi connectivity index (χ4n) is 9.97. The van der Waals surface area contributed by atoms with E-state index in [2.05, 4.69) is 78.4 Å². The summed E-state index contributed by atoms with van der Waals surface area (Å²) in [4.78, 5) is 201. The lowest BCUT2D eigenvalue weighted by Crippen LogP contribution is -2.59. The zero-order valence-corrected chi connectivity index (χ0v) is 59.4. The molecule has 10 amide bonds. The van der Waals surface area contributed by atoms with Gasteiger partial charge in [0.1, 0.15) is 91.2 Å². The molecule has 48 heteroatoms. The van der Waals surface area contributed by atoms with E-state index in [1.807, 2.05) is 0 Å². The average molecular weight is 1590 g/mol. The third-order valence-corrected chi connectivity index (χ3v) is 16.6. The number of hydrogen-bond acceptors (Lipinski definition) is 34. The molecule has 0 radical (unpaired) electrons. The van der Waals surface area contributed by atoms with Crippen LogP contribution in [0, 0.1) is 0 Å². The number of carbonyl (C=O) groups is 13. The van der Waals surface area contributed by atoms with Gasteiger partial charge in [0.05, 0.1) is 56.6 Å². The number of carbonyl (C=O) groups excluding carboxylic acids is 10. The van der Waals surface area contributed by atoms with Gasteiger partial charge in [-0.05, 0) is 62.8 Å². The Morgan fingerprint density at radius 1 is 0.432 bits per heavy atom. The highest BCUT2D eigenvalue weighted by atomic mass is 16.4. The number of carboxylic acid groups (broad SMARTS) is 3. The summed E-state index contributed by atoms with van der Waals surface area (Å²) < 4.78 is 0. The van der Waals surface area contributed by atoms with Crippen molar-refractivity contribution in [2.45, 2.75) is 193 Å². The number of nitrogens with one attached hydrogen (secondary N) is 12.